The van der Waals surface area contributed by atoms with Crippen LogP contribution in [0, 0.1) is 11.8 Å². The topological polar surface area (TPSA) is 428 Å². The van der Waals surface area contributed by atoms with Crippen LogP contribution < -0.4 is 42.5 Å². The van der Waals surface area contributed by atoms with Crippen LogP contribution in [0.5, 0.6) is 11.5 Å². The molecule has 0 bridgehead atoms. The number of aromatic amines is 1. The molecule has 3 heterocycles. The summed E-state index contributed by atoms with van der Waals surface area (Å²) in [7, 11) is 5.45. The van der Waals surface area contributed by atoms with Gasteiger partial charge in [-0.25, -0.2) is 0 Å². The molecule has 2 fully saturated rings. The first kappa shape index (κ1) is 95.2. The molecule has 12 atom stereocenters. The maximum absolute atomic E-state index is 15.5. The summed E-state index contributed by atoms with van der Waals surface area (Å²) in [5.41, 5.74) is 4.09. The van der Waals surface area contributed by atoms with Crippen molar-refractivity contribution in [2.75, 3.05) is 52.8 Å². The third kappa shape index (κ3) is 26.9. The maximum atomic E-state index is 15.5. The van der Waals surface area contributed by atoms with Crippen molar-refractivity contribution in [3.8, 4) is 11.5 Å². The van der Waals surface area contributed by atoms with E-state index < -0.39 is 174 Å². The highest BCUT2D eigenvalue weighted by molar-refractivity contribution is 8.00. The fraction of sp³-hybridized carbons (Fsp3) is 0.435. The highest BCUT2D eigenvalue weighted by atomic mass is 32.2. The second kappa shape index (κ2) is 45.5. The van der Waals surface area contributed by atoms with E-state index in [0.717, 1.165) is 21.6 Å². The lowest BCUT2D eigenvalue weighted by atomic mass is 9.95. The summed E-state index contributed by atoms with van der Waals surface area (Å²) >= 11 is 1.15. The normalized spacial score (nSPS) is 23.4. The van der Waals surface area contributed by atoms with E-state index in [0.29, 0.717) is 57.1 Å². The van der Waals surface area contributed by atoms with Gasteiger partial charge in [-0.15, -0.1) is 11.8 Å². The molecule has 31 nitrogen and oxygen atoms in total. The Bertz CT molecular complexity index is 4870. The van der Waals surface area contributed by atoms with Gasteiger partial charge in [-0.2, -0.15) is 0 Å². The summed E-state index contributed by atoms with van der Waals surface area (Å²) < 4.78 is 0. The second-order valence-electron chi connectivity index (χ2n) is 32.8. The first-order chi connectivity index (χ1) is 59.2. The second-order valence-corrected chi connectivity index (χ2v) is 33.8. The molecule has 0 saturated carbocycles. The lowest BCUT2D eigenvalue weighted by Gasteiger charge is -2.42. The van der Waals surface area contributed by atoms with Gasteiger partial charge in [0, 0.05) is 102 Å². The van der Waals surface area contributed by atoms with Gasteiger partial charge in [0.15, 0.2) is 0 Å². The zero-order valence-electron chi connectivity index (χ0n) is 71.8. The van der Waals surface area contributed by atoms with Gasteiger partial charge in [0.25, 0.3) is 0 Å². The number of carbonyl (C=O) groups excluding carboxylic acids is 13. The summed E-state index contributed by atoms with van der Waals surface area (Å²) in [4.78, 5) is 217. The summed E-state index contributed by atoms with van der Waals surface area (Å²) in [6.07, 6.45) is 1.08. The quantitative estimate of drug-likeness (QED) is 0.0483. The van der Waals surface area contributed by atoms with Gasteiger partial charge in [-0.05, 0) is 102 Å². The Balaban J connectivity index is 1.08. The van der Waals surface area contributed by atoms with Crippen molar-refractivity contribution >= 4 is 105 Å². The van der Waals surface area contributed by atoms with Crippen LogP contribution in [0.3, 0.4) is 0 Å². The van der Waals surface area contributed by atoms with Crippen LogP contribution in [-0.4, -0.2) is 253 Å². The predicted molar refractivity (Wildman–Crippen MR) is 468 cm³/mol. The van der Waals surface area contributed by atoms with Gasteiger partial charge in [0.05, 0.1) is 18.7 Å². The molecule has 2 aliphatic rings. The van der Waals surface area contributed by atoms with E-state index in [2.05, 4.69) is 47.5 Å². The summed E-state index contributed by atoms with van der Waals surface area (Å²) in [6, 6.07) is 29.1. The molecule has 0 radical (unpaired) electrons. The third-order valence-electron chi connectivity index (χ3n) is 22.3. The third-order valence-corrected chi connectivity index (χ3v) is 23.5. The largest absolute Gasteiger partial charge is 0.508 e. The van der Waals surface area contributed by atoms with E-state index in [9.17, 15) is 44.1 Å². The minimum Gasteiger partial charge on any atom is -0.508 e. The molecule has 32 heteroatoms. The van der Waals surface area contributed by atoms with E-state index in [1.807, 2.05) is 39.0 Å². The maximum Gasteiger partial charge on any atom is 0.305 e. The minimum atomic E-state index is -1.87. The first-order valence-electron chi connectivity index (χ1n) is 42.0. The number of carboxylic acid groups (broad SMARTS) is 1. The number of likely N-dealkylation sites (N-methyl/N-ethyl adjacent to an activating group) is 4. The Labute approximate surface area is 726 Å². The summed E-state index contributed by atoms with van der Waals surface area (Å²) in [5, 5.41) is 54.2. The molecule has 13 amide bonds. The number of phenols is 2. The molecule has 2 saturated heterocycles. The van der Waals surface area contributed by atoms with Crippen molar-refractivity contribution in [3.63, 3.8) is 0 Å². The number of hydrogen-bond acceptors (Lipinski definition) is 17. The van der Waals surface area contributed by atoms with Crippen molar-refractivity contribution in [3.05, 3.63) is 203 Å². The number of fused-ring (bicyclic) bond motifs is 2. The number of benzene rings is 6. The first-order valence-corrected chi connectivity index (χ1v) is 43.1. The van der Waals surface area contributed by atoms with E-state index in [1.165, 1.54) is 79.3 Å². The van der Waals surface area contributed by atoms with Gasteiger partial charge >= 0.3 is 5.97 Å². The van der Waals surface area contributed by atoms with Crippen LogP contribution in [0.4, 0.5) is 0 Å². The number of aliphatic carboxylic acids is 1. The fourth-order valence-electron chi connectivity index (χ4n) is 15.2. The van der Waals surface area contributed by atoms with Crippen LogP contribution >= 0.6 is 11.8 Å². The monoisotopic (exact) mass is 1720 g/mol. The molecular weight excluding hydrogens is 1610 g/mol. The average Bonchev–Trinajstić information content (AvgIpc) is 0.850. The Morgan fingerprint density at radius 3 is 1.48 bits per heavy atom. The number of amides is 13. The lowest BCUT2D eigenvalue weighted by molar-refractivity contribution is -0.151. The number of phenolic OH excluding ortho intramolecular Hbond substituents is 2. The number of nitrogens with one attached hydrogen (secondary N) is 9. The molecule has 124 heavy (non-hydrogen) atoms. The van der Waals surface area contributed by atoms with Gasteiger partial charge in [-0.3, -0.25) is 67.1 Å². The van der Waals surface area contributed by atoms with Gasteiger partial charge in [0.2, 0.25) is 76.8 Å². The van der Waals surface area contributed by atoms with E-state index in [1.54, 1.807) is 136 Å². The van der Waals surface area contributed by atoms with Gasteiger partial charge in [-0.1, -0.05) is 181 Å². The predicted octanol–water partition coefficient (Wildman–Crippen LogP) is 4.89. The zero-order chi connectivity index (χ0) is 90.0. The number of H-pyrrole nitrogens is 1. The average molecular weight is 1720 g/mol. The number of hydrogen-bond donors (Lipinski definition) is 12. The fourth-order valence-corrected chi connectivity index (χ4v) is 16.1. The number of aromatic hydroxyl groups is 2. The molecule has 6 aromatic carbocycles. The van der Waals surface area contributed by atoms with E-state index in [-0.39, 0.29) is 93.3 Å². The molecular formula is C92H116N14O17S. The van der Waals surface area contributed by atoms with Crippen molar-refractivity contribution in [1.82, 2.24) is 72.0 Å². The van der Waals surface area contributed by atoms with E-state index >= 15 is 38.4 Å². The molecule has 7 aromatic rings. The van der Waals surface area contributed by atoms with Crippen LogP contribution in [-0.2, 0) is 106 Å². The SMILES string of the molecule is CCCC[C@H]1C(=O)N(C)CC(=O)N[C@@H](CC(=O)O)C(=O)N[C@@H](C(C)C)C(=O)N(C)[C@@H](Cc2ccccc2)C(=O)N[C@@H](Cc2ccc(O)cc2)C(=O)N2CC[C@@H]2C(=O)N[C@@H](Cc2c[nH]c3ccccc23)C(=O)N[C@@H](Cc2ccc(O)cc2)C(=O)N[C@@H](CC(C)C)C(=O)N[C@H](C)CSCC(=O)N[C@@H](Cc2ccccc2)C(=O)N(C)[C@@H](Cc2ccccc2)C(=O)N1C. The molecule has 0 spiro atoms. The smallest absolute Gasteiger partial charge is 0.305 e. The van der Waals surface area contributed by atoms with E-state index in [4.69, 9.17) is 0 Å². The number of unbranched alkanes of at least 4 members (excludes halogenated alkanes) is 1. The zero-order valence-corrected chi connectivity index (χ0v) is 72.6. The van der Waals surface area contributed by atoms with Crippen molar-refractivity contribution < 1.29 is 82.4 Å². The number of carbonyl (C=O) groups is 14. The van der Waals surface area contributed by atoms with Crippen molar-refractivity contribution in [2.24, 2.45) is 11.8 Å². The molecule has 1 aromatic heterocycles. The number of rotatable bonds is 20. The van der Waals surface area contributed by atoms with Gasteiger partial charge in [0.1, 0.15) is 78.0 Å². The number of para-hydroxylation sites is 1. The highest BCUT2D eigenvalue weighted by Crippen LogP contribution is 2.27. The molecule has 2 aliphatic heterocycles. The van der Waals surface area contributed by atoms with Crippen LogP contribution in [0.2, 0.25) is 0 Å². The number of thioether (sulfide) groups is 1. The summed E-state index contributed by atoms with van der Waals surface area (Å²) in [5.74, 6) is -13.0. The minimum absolute atomic E-state index is 0.0144. The molecule has 9 rings (SSSR count). The molecule has 662 valence electrons. The molecule has 0 aliphatic carbocycles. The highest BCUT2D eigenvalue weighted by Gasteiger charge is 2.45. The Hall–Kier alpha value is -12.6. The van der Waals surface area contributed by atoms with Crippen LogP contribution in [0.1, 0.15) is 113 Å². The lowest BCUT2D eigenvalue weighted by Crippen LogP contribution is -2.65. The molecule has 0 unspecified atom stereocenters. The Morgan fingerprint density at radius 2 is 0.927 bits per heavy atom. The van der Waals surface area contributed by atoms with Gasteiger partial charge < -0.3 is 87.3 Å². The standard InChI is InChI=1S/C92H116N14O17S/c1-11-12-32-75-90(121)102(7)52-78(109)95-71(50-80(111)112)85(116)101-81(56(4)5)92(123)104(9)76(47-59-26-18-14-19-27-59)87(118)100-73(46-62-35-39-65(108)40-36-62)89(120)106-42-41-74(106)86(117)99-70(49-63-51-93-67-31-23-22-30-66(63)67)84(115)98-69(44-61-33-37-64(107)38-34-61)83(114)97-68(43-55(2)3)82(113)94-57(6)53-124-54-79(110)96-72(45-58-24-16-13-17-25-58)88(119)105(10)77(91(122)103(75)8)48-60-28-20-15-21-29-60/h13-31,33-40,51,55-57,68-77,81,93,107-108H,11-12,32,41-50,52-54H2,1-10H3,(H,94,113)(H,95,109)(H,96,110)(H,97,114)(H,98,115)(H,99,117)(H,100,118)(H,101,116)(H,111,112)/t57-,68+,69+,70+,71+,72+,73+,74-,75+,76+,77+,81+/m1/s1. The van der Waals surface area contributed by atoms with Crippen molar-refractivity contribution in [1.29, 1.82) is 0 Å². The number of aromatic nitrogens is 1. The number of carboxylic acids is 1. The van der Waals surface area contributed by atoms with Crippen molar-refractivity contribution in [2.45, 2.75) is 191 Å². The van der Waals surface area contributed by atoms with Crippen LogP contribution in [0.15, 0.2) is 170 Å². The number of nitrogens with zero attached hydrogens (tertiary/aromatic N) is 5. The Kier molecular flexibility index (Phi) is 34.9. The molecule has 12 N–H and O–H groups in total. The summed E-state index contributed by atoms with van der Waals surface area (Å²) in [6.45, 7) is 9.69. The Morgan fingerprint density at radius 1 is 0.460 bits per heavy atom. The van der Waals surface area contributed by atoms with Crippen LogP contribution in [0.25, 0.3) is 10.9 Å².